The summed E-state index contributed by atoms with van der Waals surface area (Å²) < 4.78 is 10.5. The summed E-state index contributed by atoms with van der Waals surface area (Å²) in [5.41, 5.74) is 2.10. The van der Waals surface area contributed by atoms with Gasteiger partial charge in [0.25, 0.3) is 5.91 Å². The van der Waals surface area contributed by atoms with Crippen LogP contribution in [0.4, 0.5) is 0 Å². The first-order valence-electron chi connectivity index (χ1n) is 8.39. The van der Waals surface area contributed by atoms with Crippen LogP contribution >= 0.6 is 0 Å². The number of nitrogens with one attached hydrogen (secondary N) is 1. The first kappa shape index (κ1) is 20.0. The van der Waals surface area contributed by atoms with E-state index < -0.39 is 5.97 Å². The lowest BCUT2D eigenvalue weighted by molar-refractivity contribution is -0.150. The molecule has 0 aromatic heterocycles. The summed E-state index contributed by atoms with van der Waals surface area (Å²) in [7, 11) is 0. The van der Waals surface area contributed by atoms with Crippen LogP contribution in [-0.2, 0) is 14.3 Å². The van der Waals surface area contributed by atoms with Crippen molar-refractivity contribution in [2.75, 3.05) is 13.2 Å². The molecule has 5 heteroatoms. The first-order chi connectivity index (χ1) is 11.2. The van der Waals surface area contributed by atoms with Crippen LogP contribution in [0.2, 0.25) is 0 Å². The summed E-state index contributed by atoms with van der Waals surface area (Å²) in [6, 6.07) is 5.95. The minimum absolute atomic E-state index is 0.0355. The Hall–Kier alpha value is -2.04. The van der Waals surface area contributed by atoms with Crippen molar-refractivity contribution in [2.45, 2.75) is 53.5 Å². The molecular formula is C19H29NO4. The molecule has 1 atom stereocenters. The Morgan fingerprint density at radius 2 is 1.75 bits per heavy atom. The maximum atomic E-state index is 11.8. The van der Waals surface area contributed by atoms with Gasteiger partial charge in [0.05, 0.1) is 0 Å². The highest BCUT2D eigenvalue weighted by Gasteiger charge is 2.14. The zero-order valence-corrected chi connectivity index (χ0v) is 15.5. The third-order valence-electron chi connectivity index (χ3n) is 3.89. The Bertz CT molecular complexity index is 566. The van der Waals surface area contributed by atoms with Crippen molar-refractivity contribution in [3.8, 4) is 5.75 Å². The van der Waals surface area contributed by atoms with Gasteiger partial charge in [0.15, 0.2) is 13.2 Å². The predicted molar refractivity (Wildman–Crippen MR) is 94.2 cm³/mol. The molecule has 0 spiro atoms. The van der Waals surface area contributed by atoms with Crippen molar-refractivity contribution in [1.82, 2.24) is 5.32 Å². The van der Waals surface area contributed by atoms with Crippen LogP contribution in [0.1, 0.15) is 51.7 Å². The largest absolute Gasteiger partial charge is 0.482 e. The molecule has 5 nitrogen and oxygen atoms in total. The standard InChI is InChI=1S/C19H29NO4/c1-12(2)15(6)20-18(21)10-24-19(22)11-23-17-9-14(5)7-8-16(17)13(3)4/h7-9,12-13,15H,10-11H2,1-6H3,(H,20,21). The molecule has 0 fully saturated rings. The molecule has 0 aliphatic rings. The molecule has 0 bridgehead atoms. The second kappa shape index (κ2) is 9.30. The smallest absolute Gasteiger partial charge is 0.344 e. The topological polar surface area (TPSA) is 64.6 Å². The van der Waals surface area contributed by atoms with Gasteiger partial charge in [-0.05, 0) is 42.9 Å². The van der Waals surface area contributed by atoms with E-state index >= 15 is 0 Å². The van der Waals surface area contributed by atoms with E-state index in [-0.39, 0.29) is 25.2 Å². The lowest BCUT2D eigenvalue weighted by atomic mass is 10.0. The van der Waals surface area contributed by atoms with Gasteiger partial charge in [-0.2, -0.15) is 0 Å². The number of carbonyl (C=O) groups excluding carboxylic acids is 2. The zero-order chi connectivity index (χ0) is 18.3. The van der Waals surface area contributed by atoms with Crippen LogP contribution in [-0.4, -0.2) is 31.1 Å². The summed E-state index contributed by atoms with van der Waals surface area (Å²) in [4.78, 5) is 23.5. The zero-order valence-electron chi connectivity index (χ0n) is 15.5. The molecule has 0 heterocycles. The molecule has 1 aromatic carbocycles. The fourth-order valence-corrected chi connectivity index (χ4v) is 2.03. The monoisotopic (exact) mass is 335 g/mol. The molecule has 1 unspecified atom stereocenters. The van der Waals surface area contributed by atoms with Crippen molar-refractivity contribution in [3.05, 3.63) is 29.3 Å². The maximum absolute atomic E-state index is 11.8. The molecule has 0 aliphatic heterocycles. The van der Waals surface area contributed by atoms with Crippen LogP contribution in [0.3, 0.4) is 0 Å². The number of hydrogen-bond acceptors (Lipinski definition) is 4. The summed E-state index contributed by atoms with van der Waals surface area (Å²) in [6.45, 7) is 11.5. The lowest BCUT2D eigenvalue weighted by Gasteiger charge is -2.17. The number of aryl methyl sites for hydroxylation is 1. The highest BCUT2D eigenvalue weighted by Crippen LogP contribution is 2.27. The molecule has 1 amide bonds. The third kappa shape index (κ3) is 6.60. The minimum Gasteiger partial charge on any atom is -0.482 e. The highest BCUT2D eigenvalue weighted by molar-refractivity contribution is 5.81. The number of hydrogen-bond donors (Lipinski definition) is 1. The molecule has 0 radical (unpaired) electrons. The van der Waals surface area contributed by atoms with E-state index in [0.717, 1.165) is 11.1 Å². The van der Waals surface area contributed by atoms with E-state index in [0.29, 0.717) is 17.6 Å². The van der Waals surface area contributed by atoms with Gasteiger partial charge in [-0.1, -0.05) is 39.8 Å². The molecule has 0 saturated carbocycles. The number of benzene rings is 1. The molecule has 1 aromatic rings. The molecule has 0 saturated heterocycles. The highest BCUT2D eigenvalue weighted by atomic mass is 16.6. The van der Waals surface area contributed by atoms with Gasteiger partial charge in [0.1, 0.15) is 5.75 Å². The fraction of sp³-hybridized carbons (Fsp3) is 0.579. The summed E-state index contributed by atoms with van der Waals surface area (Å²) in [6.07, 6.45) is 0. The van der Waals surface area contributed by atoms with Gasteiger partial charge in [0.2, 0.25) is 0 Å². The normalized spacial score (nSPS) is 12.2. The van der Waals surface area contributed by atoms with Crippen LogP contribution < -0.4 is 10.1 Å². The average molecular weight is 335 g/mol. The van der Waals surface area contributed by atoms with Crippen LogP contribution in [0.25, 0.3) is 0 Å². The minimum atomic E-state index is -0.557. The Balaban J connectivity index is 2.47. The van der Waals surface area contributed by atoms with Crippen LogP contribution in [0, 0.1) is 12.8 Å². The van der Waals surface area contributed by atoms with Crippen LogP contribution in [0.15, 0.2) is 18.2 Å². The van der Waals surface area contributed by atoms with Crippen LogP contribution in [0.5, 0.6) is 5.75 Å². The second-order valence-corrected chi connectivity index (χ2v) is 6.75. The van der Waals surface area contributed by atoms with Gasteiger partial charge in [-0.25, -0.2) is 4.79 Å². The van der Waals surface area contributed by atoms with Gasteiger partial charge in [-0.15, -0.1) is 0 Å². The molecule has 0 aliphatic carbocycles. The van der Waals surface area contributed by atoms with Gasteiger partial charge < -0.3 is 14.8 Å². The molecule has 1 rings (SSSR count). The van der Waals surface area contributed by atoms with Gasteiger partial charge in [-0.3, -0.25) is 4.79 Å². The van der Waals surface area contributed by atoms with E-state index in [9.17, 15) is 9.59 Å². The lowest BCUT2D eigenvalue weighted by Crippen LogP contribution is -2.39. The van der Waals surface area contributed by atoms with Gasteiger partial charge >= 0.3 is 5.97 Å². The average Bonchev–Trinajstić information content (AvgIpc) is 2.50. The van der Waals surface area contributed by atoms with Crippen molar-refractivity contribution in [2.24, 2.45) is 5.92 Å². The van der Waals surface area contributed by atoms with Crippen molar-refractivity contribution >= 4 is 11.9 Å². The summed E-state index contributed by atoms with van der Waals surface area (Å²) in [5.74, 6) is 0.435. The van der Waals surface area contributed by atoms with E-state index in [1.54, 1.807) is 0 Å². The fourth-order valence-electron chi connectivity index (χ4n) is 2.03. The SMILES string of the molecule is Cc1ccc(C(C)C)c(OCC(=O)OCC(=O)NC(C)C(C)C)c1. The third-order valence-corrected chi connectivity index (χ3v) is 3.89. The Labute approximate surface area is 144 Å². The number of carbonyl (C=O) groups is 2. The summed E-state index contributed by atoms with van der Waals surface area (Å²) in [5, 5.41) is 2.78. The van der Waals surface area contributed by atoms with Gasteiger partial charge in [0, 0.05) is 6.04 Å². The first-order valence-corrected chi connectivity index (χ1v) is 8.39. The van der Waals surface area contributed by atoms with E-state index in [2.05, 4.69) is 19.2 Å². The van der Waals surface area contributed by atoms with Crippen molar-refractivity contribution < 1.29 is 19.1 Å². The summed E-state index contributed by atoms with van der Waals surface area (Å²) >= 11 is 0. The number of esters is 1. The number of amides is 1. The Morgan fingerprint density at radius 3 is 2.33 bits per heavy atom. The number of ether oxygens (including phenoxy) is 2. The Kier molecular flexibility index (Phi) is 7.75. The molecule has 1 N–H and O–H groups in total. The maximum Gasteiger partial charge on any atom is 0.344 e. The van der Waals surface area contributed by atoms with E-state index in [4.69, 9.17) is 9.47 Å². The Morgan fingerprint density at radius 1 is 1.08 bits per heavy atom. The molecule has 24 heavy (non-hydrogen) atoms. The van der Waals surface area contributed by atoms with E-state index in [1.807, 2.05) is 45.9 Å². The molecule has 134 valence electrons. The second-order valence-electron chi connectivity index (χ2n) is 6.75. The predicted octanol–water partition coefficient (Wildman–Crippen LogP) is 3.20. The van der Waals surface area contributed by atoms with E-state index in [1.165, 1.54) is 0 Å². The number of rotatable bonds is 8. The van der Waals surface area contributed by atoms with Crippen molar-refractivity contribution in [1.29, 1.82) is 0 Å². The quantitative estimate of drug-likeness (QED) is 0.741. The molecular weight excluding hydrogens is 306 g/mol. The van der Waals surface area contributed by atoms with Crippen molar-refractivity contribution in [3.63, 3.8) is 0 Å².